The van der Waals surface area contributed by atoms with E-state index < -0.39 is 5.60 Å². The minimum absolute atomic E-state index is 0.488. The lowest BCUT2D eigenvalue weighted by atomic mass is 10.0. The highest BCUT2D eigenvalue weighted by Crippen LogP contribution is 2.28. The number of nitrogens with one attached hydrogen (secondary N) is 1. The van der Waals surface area contributed by atoms with E-state index >= 15 is 0 Å². The number of aromatic nitrogens is 3. The molecule has 5 heteroatoms. The molecule has 0 aromatic carbocycles. The van der Waals surface area contributed by atoms with Crippen molar-refractivity contribution in [3.8, 4) is 0 Å². The van der Waals surface area contributed by atoms with E-state index in [-0.39, 0.29) is 0 Å². The van der Waals surface area contributed by atoms with Gasteiger partial charge < -0.3 is 15.0 Å². The maximum Gasteiger partial charge on any atom is 0.146 e. The van der Waals surface area contributed by atoms with E-state index in [0.29, 0.717) is 13.1 Å². The van der Waals surface area contributed by atoms with Crippen molar-refractivity contribution >= 4 is 0 Å². The Bertz CT molecular complexity index is 317. The van der Waals surface area contributed by atoms with Crippen LogP contribution in [0.4, 0.5) is 0 Å². The fourth-order valence-electron chi connectivity index (χ4n) is 2.08. The second kappa shape index (κ2) is 4.28. The molecular weight excluding hydrogens is 192 g/mol. The number of hydrogen-bond acceptors (Lipinski definition) is 4. The lowest BCUT2D eigenvalue weighted by Gasteiger charge is -2.22. The highest BCUT2D eigenvalue weighted by atomic mass is 16.3. The van der Waals surface area contributed by atoms with Gasteiger partial charge in [0.05, 0.1) is 12.1 Å². The second-order valence-electron chi connectivity index (χ2n) is 4.39. The summed E-state index contributed by atoms with van der Waals surface area (Å²) in [5.41, 5.74) is -0.488. The van der Waals surface area contributed by atoms with E-state index in [0.717, 1.165) is 31.5 Å². The summed E-state index contributed by atoms with van der Waals surface area (Å²) in [5.74, 6) is 0.900. The molecule has 5 nitrogen and oxygen atoms in total. The highest BCUT2D eigenvalue weighted by Gasteiger charge is 2.30. The Morgan fingerprint density at radius 3 is 2.87 bits per heavy atom. The van der Waals surface area contributed by atoms with Crippen molar-refractivity contribution < 1.29 is 5.11 Å². The first-order chi connectivity index (χ1) is 7.20. The molecule has 1 saturated carbocycles. The quantitative estimate of drug-likeness (QED) is 0.745. The number of nitrogens with zero attached hydrogens (tertiary/aromatic N) is 3. The molecule has 2 N–H and O–H groups in total. The van der Waals surface area contributed by atoms with Gasteiger partial charge in [-0.3, -0.25) is 0 Å². The molecule has 15 heavy (non-hydrogen) atoms. The van der Waals surface area contributed by atoms with Crippen LogP contribution in [0.25, 0.3) is 0 Å². The van der Waals surface area contributed by atoms with E-state index in [4.69, 9.17) is 0 Å². The van der Waals surface area contributed by atoms with E-state index in [1.807, 2.05) is 11.6 Å². The molecule has 2 rings (SSSR count). The third-order valence-corrected chi connectivity index (χ3v) is 3.08. The van der Waals surface area contributed by atoms with Crippen molar-refractivity contribution in [2.24, 2.45) is 7.05 Å². The fraction of sp³-hybridized carbons (Fsp3) is 0.800. The molecule has 84 valence electrons. The Balaban J connectivity index is 1.77. The van der Waals surface area contributed by atoms with Gasteiger partial charge in [-0.2, -0.15) is 0 Å². The zero-order valence-electron chi connectivity index (χ0n) is 9.11. The summed E-state index contributed by atoms with van der Waals surface area (Å²) in [7, 11) is 1.92. The van der Waals surface area contributed by atoms with Crippen LogP contribution in [0.3, 0.4) is 0 Å². The summed E-state index contributed by atoms with van der Waals surface area (Å²) >= 11 is 0. The molecule has 1 aliphatic carbocycles. The zero-order chi connectivity index (χ0) is 10.7. The number of aryl methyl sites for hydroxylation is 1. The molecule has 0 unspecified atom stereocenters. The van der Waals surface area contributed by atoms with Crippen LogP contribution in [0.15, 0.2) is 6.33 Å². The summed E-state index contributed by atoms with van der Waals surface area (Å²) in [6.07, 6.45) is 5.79. The molecule has 0 bridgehead atoms. The first-order valence-corrected chi connectivity index (χ1v) is 5.46. The van der Waals surface area contributed by atoms with Gasteiger partial charge in [0.15, 0.2) is 0 Å². The van der Waals surface area contributed by atoms with Crippen molar-refractivity contribution in [1.29, 1.82) is 0 Å². The maximum absolute atomic E-state index is 10.1. The summed E-state index contributed by atoms with van der Waals surface area (Å²) in [6, 6.07) is 0. The molecule has 0 atom stereocenters. The van der Waals surface area contributed by atoms with Gasteiger partial charge in [0, 0.05) is 13.6 Å². The number of aliphatic hydroxyl groups is 1. The van der Waals surface area contributed by atoms with Gasteiger partial charge in [-0.1, -0.05) is 12.8 Å². The molecule has 0 saturated heterocycles. The SMILES string of the molecule is Cn1cnnc1CNCC1(O)CCCC1. The standard InChI is InChI=1S/C10H18N4O/c1-14-8-12-13-9(14)6-11-7-10(15)4-2-3-5-10/h8,11,15H,2-7H2,1H3. The van der Waals surface area contributed by atoms with Crippen molar-refractivity contribution in [3.63, 3.8) is 0 Å². The van der Waals surface area contributed by atoms with Gasteiger partial charge in [0.2, 0.25) is 0 Å². The van der Waals surface area contributed by atoms with Crippen LogP contribution < -0.4 is 5.32 Å². The molecule has 1 aromatic rings. The predicted molar refractivity (Wildman–Crippen MR) is 56.1 cm³/mol. The topological polar surface area (TPSA) is 63.0 Å². The van der Waals surface area contributed by atoms with Crippen molar-refractivity contribution in [3.05, 3.63) is 12.2 Å². The van der Waals surface area contributed by atoms with E-state index in [1.54, 1.807) is 6.33 Å². The van der Waals surface area contributed by atoms with Gasteiger partial charge in [-0.05, 0) is 12.8 Å². The van der Waals surface area contributed by atoms with Gasteiger partial charge in [0.1, 0.15) is 12.2 Å². The third kappa shape index (κ3) is 2.54. The Morgan fingerprint density at radius 1 is 1.53 bits per heavy atom. The smallest absolute Gasteiger partial charge is 0.146 e. The summed E-state index contributed by atoms with van der Waals surface area (Å²) in [5, 5.41) is 21.1. The highest BCUT2D eigenvalue weighted by molar-refractivity contribution is 4.89. The van der Waals surface area contributed by atoms with Crippen molar-refractivity contribution in [1.82, 2.24) is 20.1 Å². The monoisotopic (exact) mass is 210 g/mol. The van der Waals surface area contributed by atoms with Crippen LogP contribution in [0.1, 0.15) is 31.5 Å². The Hall–Kier alpha value is -0.940. The summed E-state index contributed by atoms with van der Waals surface area (Å²) in [6.45, 7) is 1.32. The molecule has 0 aliphatic heterocycles. The maximum atomic E-state index is 10.1. The minimum atomic E-state index is -0.488. The van der Waals surface area contributed by atoms with Gasteiger partial charge >= 0.3 is 0 Å². The molecule has 1 fully saturated rings. The lowest BCUT2D eigenvalue weighted by molar-refractivity contribution is 0.0472. The predicted octanol–water partition coefficient (Wildman–Crippen LogP) is 0.210. The zero-order valence-corrected chi connectivity index (χ0v) is 9.11. The molecule has 1 aliphatic rings. The van der Waals surface area contributed by atoms with E-state index in [1.165, 1.54) is 0 Å². The Morgan fingerprint density at radius 2 is 2.27 bits per heavy atom. The van der Waals surface area contributed by atoms with Crippen LogP contribution in [0, 0.1) is 0 Å². The molecular formula is C10H18N4O. The molecule has 0 radical (unpaired) electrons. The minimum Gasteiger partial charge on any atom is -0.389 e. The van der Waals surface area contributed by atoms with Gasteiger partial charge in [0.25, 0.3) is 0 Å². The van der Waals surface area contributed by atoms with E-state index in [2.05, 4.69) is 15.5 Å². The average Bonchev–Trinajstić information content (AvgIpc) is 2.78. The average molecular weight is 210 g/mol. The first kappa shape index (κ1) is 10.6. The lowest BCUT2D eigenvalue weighted by Crippen LogP contribution is -2.38. The van der Waals surface area contributed by atoms with Crippen LogP contribution in [-0.2, 0) is 13.6 Å². The van der Waals surface area contributed by atoms with Gasteiger partial charge in [-0.15, -0.1) is 10.2 Å². The van der Waals surface area contributed by atoms with Gasteiger partial charge in [-0.25, -0.2) is 0 Å². The van der Waals surface area contributed by atoms with Crippen molar-refractivity contribution in [2.75, 3.05) is 6.54 Å². The Kier molecular flexibility index (Phi) is 3.02. The number of rotatable bonds is 4. The molecule has 1 aromatic heterocycles. The fourth-order valence-corrected chi connectivity index (χ4v) is 2.08. The third-order valence-electron chi connectivity index (χ3n) is 3.08. The van der Waals surface area contributed by atoms with E-state index in [9.17, 15) is 5.11 Å². The van der Waals surface area contributed by atoms with Crippen LogP contribution in [0.5, 0.6) is 0 Å². The van der Waals surface area contributed by atoms with Crippen LogP contribution in [0.2, 0.25) is 0 Å². The number of hydrogen-bond donors (Lipinski definition) is 2. The molecule has 0 spiro atoms. The van der Waals surface area contributed by atoms with Crippen LogP contribution in [-0.4, -0.2) is 32.0 Å². The Labute approximate surface area is 89.5 Å². The first-order valence-electron chi connectivity index (χ1n) is 5.46. The van der Waals surface area contributed by atoms with Crippen LogP contribution >= 0.6 is 0 Å². The largest absolute Gasteiger partial charge is 0.389 e. The van der Waals surface area contributed by atoms with Crippen molar-refractivity contribution in [2.45, 2.75) is 37.8 Å². The molecule has 1 heterocycles. The summed E-state index contributed by atoms with van der Waals surface area (Å²) < 4.78 is 1.88. The summed E-state index contributed by atoms with van der Waals surface area (Å²) in [4.78, 5) is 0. The normalized spacial score (nSPS) is 19.6. The molecule has 0 amide bonds. The second-order valence-corrected chi connectivity index (χ2v) is 4.39.